The van der Waals surface area contributed by atoms with Crippen molar-refractivity contribution < 1.29 is 9.53 Å². The third-order valence-electron chi connectivity index (χ3n) is 2.68. The maximum absolute atomic E-state index is 11.7. The van der Waals surface area contributed by atoms with Gasteiger partial charge in [-0.15, -0.1) is 0 Å². The molecule has 0 aromatic rings. The summed E-state index contributed by atoms with van der Waals surface area (Å²) in [5.74, 6) is 1.01. The summed E-state index contributed by atoms with van der Waals surface area (Å²) < 4.78 is 4.86. The van der Waals surface area contributed by atoms with Crippen LogP contribution in [-0.2, 0) is 9.53 Å². The molecule has 4 heteroatoms. The molecule has 0 spiro atoms. The highest BCUT2D eigenvalue weighted by molar-refractivity contribution is 7.98. The Morgan fingerprint density at radius 3 is 2.62 bits per heavy atom. The van der Waals surface area contributed by atoms with Crippen LogP contribution in [0.25, 0.3) is 0 Å². The second kappa shape index (κ2) is 8.88. The molecule has 0 aliphatic rings. The predicted octanol–water partition coefficient (Wildman–Crippen LogP) is 2.45. The SMILES string of the molecule is CCCNC(C)(CCCCSC)C(=O)OC. The fourth-order valence-corrected chi connectivity index (χ4v) is 2.11. The van der Waals surface area contributed by atoms with Crippen molar-refractivity contribution in [2.24, 2.45) is 0 Å². The van der Waals surface area contributed by atoms with E-state index in [9.17, 15) is 4.79 Å². The third-order valence-corrected chi connectivity index (χ3v) is 3.37. The first-order chi connectivity index (χ1) is 7.60. The number of esters is 1. The van der Waals surface area contributed by atoms with E-state index < -0.39 is 5.54 Å². The van der Waals surface area contributed by atoms with E-state index in [1.807, 2.05) is 18.7 Å². The molecule has 0 saturated heterocycles. The Labute approximate surface area is 104 Å². The summed E-state index contributed by atoms with van der Waals surface area (Å²) in [7, 11) is 1.45. The van der Waals surface area contributed by atoms with Gasteiger partial charge in [-0.2, -0.15) is 11.8 Å². The van der Waals surface area contributed by atoms with Crippen LogP contribution in [0.2, 0.25) is 0 Å². The Kier molecular flexibility index (Phi) is 8.76. The summed E-state index contributed by atoms with van der Waals surface area (Å²) in [5, 5.41) is 3.29. The van der Waals surface area contributed by atoms with Gasteiger partial charge in [0.15, 0.2) is 0 Å². The van der Waals surface area contributed by atoms with E-state index in [0.717, 1.165) is 38.0 Å². The van der Waals surface area contributed by atoms with E-state index in [0.29, 0.717) is 0 Å². The molecule has 3 nitrogen and oxygen atoms in total. The number of ether oxygens (including phenoxy) is 1. The molecule has 0 aliphatic carbocycles. The van der Waals surface area contributed by atoms with Gasteiger partial charge in [-0.3, -0.25) is 4.79 Å². The van der Waals surface area contributed by atoms with Crippen LogP contribution in [0, 0.1) is 0 Å². The average Bonchev–Trinajstić information content (AvgIpc) is 2.31. The number of hydrogen-bond donors (Lipinski definition) is 1. The van der Waals surface area contributed by atoms with Crippen molar-refractivity contribution in [2.45, 2.75) is 45.1 Å². The number of carbonyl (C=O) groups is 1. The van der Waals surface area contributed by atoms with Crippen LogP contribution in [0.3, 0.4) is 0 Å². The van der Waals surface area contributed by atoms with Gasteiger partial charge in [-0.05, 0) is 44.7 Å². The van der Waals surface area contributed by atoms with Crippen LogP contribution in [0.1, 0.15) is 39.5 Å². The van der Waals surface area contributed by atoms with Gasteiger partial charge >= 0.3 is 5.97 Å². The lowest BCUT2D eigenvalue weighted by Gasteiger charge is -2.28. The smallest absolute Gasteiger partial charge is 0.325 e. The molecule has 0 heterocycles. The highest BCUT2D eigenvalue weighted by Gasteiger charge is 2.32. The zero-order valence-electron chi connectivity index (χ0n) is 11.0. The maximum Gasteiger partial charge on any atom is 0.325 e. The third kappa shape index (κ3) is 5.75. The number of unbranched alkanes of at least 4 members (excludes halogenated alkanes) is 1. The van der Waals surface area contributed by atoms with E-state index in [1.54, 1.807) is 0 Å². The van der Waals surface area contributed by atoms with Crippen molar-refractivity contribution in [1.29, 1.82) is 0 Å². The van der Waals surface area contributed by atoms with Crippen molar-refractivity contribution in [1.82, 2.24) is 5.32 Å². The number of carbonyl (C=O) groups excluding carboxylic acids is 1. The Morgan fingerprint density at radius 1 is 1.44 bits per heavy atom. The molecule has 0 amide bonds. The second-order valence-corrected chi connectivity index (χ2v) is 5.19. The number of nitrogens with one attached hydrogen (secondary N) is 1. The van der Waals surface area contributed by atoms with Gasteiger partial charge < -0.3 is 10.1 Å². The van der Waals surface area contributed by atoms with Crippen molar-refractivity contribution in [2.75, 3.05) is 25.7 Å². The minimum absolute atomic E-state index is 0.148. The second-order valence-electron chi connectivity index (χ2n) is 4.20. The van der Waals surface area contributed by atoms with E-state index in [2.05, 4.69) is 18.5 Å². The van der Waals surface area contributed by atoms with Crippen LogP contribution >= 0.6 is 11.8 Å². The minimum atomic E-state index is -0.511. The van der Waals surface area contributed by atoms with Crippen molar-refractivity contribution >= 4 is 17.7 Å². The zero-order valence-corrected chi connectivity index (χ0v) is 11.8. The van der Waals surface area contributed by atoms with Crippen LogP contribution in [0.15, 0.2) is 0 Å². The van der Waals surface area contributed by atoms with Crippen molar-refractivity contribution in [3.63, 3.8) is 0 Å². The molecule has 96 valence electrons. The van der Waals surface area contributed by atoms with Crippen molar-refractivity contribution in [3.8, 4) is 0 Å². The van der Waals surface area contributed by atoms with Crippen LogP contribution in [0.5, 0.6) is 0 Å². The first-order valence-corrected chi connectivity index (χ1v) is 7.32. The lowest BCUT2D eigenvalue weighted by atomic mass is 9.95. The van der Waals surface area contributed by atoms with Gasteiger partial charge in [-0.25, -0.2) is 0 Å². The van der Waals surface area contributed by atoms with Crippen LogP contribution < -0.4 is 5.32 Å². The molecule has 0 saturated carbocycles. The molecular weight excluding hydrogens is 222 g/mol. The summed E-state index contributed by atoms with van der Waals surface area (Å²) in [6.45, 7) is 4.89. The lowest BCUT2D eigenvalue weighted by Crippen LogP contribution is -2.50. The predicted molar refractivity (Wildman–Crippen MR) is 70.9 cm³/mol. The summed E-state index contributed by atoms with van der Waals surface area (Å²) in [6.07, 6.45) is 6.19. The van der Waals surface area contributed by atoms with E-state index >= 15 is 0 Å². The van der Waals surface area contributed by atoms with Crippen molar-refractivity contribution in [3.05, 3.63) is 0 Å². The molecule has 0 fully saturated rings. The van der Waals surface area contributed by atoms with E-state index in [4.69, 9.17) is 4.74 Å². The van der Waals surface area contributed by atoms with E-state index in [-0.39, 0.29) is 5.97 Å². The Morgan fingerprint density at radius 2 is 2.12 bits per heavy atom. The molecule has 0 radical (unpaired) electrons. The summed E-state index contributed by atoms with van der Waals surface area (Å²) in [6, 6.07) is 0. The highest BCUT2D eigenvalue weighted by atomic mass is 32.2. The van der Waals surface area contributed by atoms with Gasteiger partial charge in [0.05, 0.1) is 7.11 Å². The Bertz CT molecular complexity index is 199. The number of hydrogen-bond acceptors (Lipinski definition) is 4. The maximum atomic E-state index is 11.7. The molecule has 1 atom stereocenters. The van der Waals surface area contributed by atoms with Gasteiger partial charge in [0.2, 0.25) is 0 Å². The van der Waals surface area contributed by atoms with E-state index in [1.165, 1.54) is 7.11 Å². The van der Waals surface area contributed by atoms with Gasteiger partial charge in [0, 0.05) is 0 Å². The van der Waals surface area contributed by atoms with Gasteiger partial charge in [0.1, 0.15) is 5.54 Å². The Balaban J connectivity index is 4.13. The zero-order chi connectivity index (χ0) is 12.4. The topological polar surface area (TPSA) is 38.3 Å². The molecule has 1 unspecified atom stereocenters. The first kappa shape index (κ1) is 15.8. The minimum Gasteiger partial charge on any atom is -0.468 e. The molecule has 0 aromatic carbocycles. The molecule has 0 aromatic heterocycles. The first-order valence-electron chi connectivity index (χ1n) is 5.93. The summed E-state index contributed by atoms with van der Waals surface area (Å²) in [4.78, 5) is 11.7. The number of methoxy groups -OCH3 is 1. The monoisotopic (exact) mass is 247 g/mol. The fraction of sp³-hybridized carbons (Fsp3) is 0.917. The molecular formula is C12H25NO2S. The van der Waals surface area contributed by atoms with Gasteiger partial charge in [0.25, 0.3) is 0 Å². The van der Waals surface area contributed by atoms with Gasteiger partial charge in [-0.1, -0.05) is 13.3 Å². The molecule has 0 aliphatic heterocycles. The molecule has 1 N–H and O–H groups in total. The Hall–Kier alpha value is -0.220. The number of rotatable bonds is 9. The largest absolute Gasteiger partial charge is 0.468 e. The fourth-order valence-electron chi connectivity index (χ4n) is 1.61. The number of thioether (sulfide) groups is 1. The molecule has 16 heavy (non-hydrogen) atoms. The quantitative estimate of drug-likeness (QED) is 0.502. The van der Waals surface area contributed by atoms with Crippen LogP contribution in [0.4, 0.5) is 0 Å². The standard InChI is InChI=1S/C12H25NO2S/c1-5-9-13-12(2,11(14)15-3)8-6-7-10-16-4/h13H,5-10H2,1-4H3. The van der Waals surface area contributed by atoms with Crippen LogP contribution in [-0.4, -0.2) is 37.2 Å². The molecule has 0 rings (SSSR count). The average molecular weight is 247 g/mol. The normalized spacial score (nSPS) is 14.5. The summed E-state index contributed by atoms with van der Waals surface area (Å²) in [5.41, 5.74) is -0.511. The lowest BCUT2D eigenvalue weighted by molar-refractivity contribution is -0.148. The highest BCUT2D eigenvalue weighted by Crippen LogP contribution is 2.16. The molecule has 0 bridgehead atoms. The summed E-state index contributed by atoms with van der Waals surface area (Å²) >= 11 is 1.85.